The van der Waals surface area contributed by atoms with Crippen molar-refractivity contribution in [3.63, 3.8) is 0 Å². The molecule has 2 aliphatic heterocycles. The minimum atomic E-state index is 0.780. The van der Waals surface area contributed by atoms with Gasteiger partial charge in [-0.25, -0.2) is 0 Å². The van der Waals surface area contributed by atoms with Crippen molar-refractivity contribution in [2.24, 2.45) is 10.8 Å². The van der Waals surface area contributed by atoms with E-state index >= 15 is 0 Å². The Morgan fingerprint density at radius 1 is 0.643 bits per heavy atom. The maximum absolute atomic E-state index is 3.37. The molecule has 0 unspecified atom stereocenters. The van der Waals surface area contributed by atoms with E-state index in [1.165, 1.54) is 39.0 Å². The van der Waals surface area contributed by atoms with Crippen LogP contribution in [0, 0.1) is 10.8 Å². The Morgan fingerprint density at radius 3 is 1.07 bits per heavy atom. The lowest BCUT2D eigenvalue weighted by molar-refractivity contribution is -0.106. The van der Waals surface area contributed by atoms with E-state index in [4.69, 9.17) is 0 Å². The molecule has 2 heterocycles. The molecule has 3 aliphatic rings. The normalized spacial score (nSPS) is 28.3. The fourth-order valence-electron chi connectivity index (χ4n) is 3.00. The summed E-state index contributed by atoms with van der Waals surface area (Å²) in [5, 5.41) is 6.74. The van der Waals surface area contributed by atoms with Crippen molar-refractivity contribution in [3.05, 3.63) is 0 Å². The van der Waals surface area contributed by atoms with Gasteiger partial charge in [-0.3, -0.25) is 0 Å². The average Bonchev–Trinajstić information content (AvgIpc) is 2.04. The Morgan fingerprint density at radius 2 is 0.929 bits per heavy atom. The lowest BCUT2D eigenvalue weighted by Gasteiger charge is -2.65. The summed E-state index contributed by atoms with van der Waals surface area (Å²) >= 11 is 0. The van der Waals surface area contributed by atoms with Gasteiger partial charge >= 0.3 is 0 Å². The molecule has 2 spiro atoms. The molecule has 0 aromatic rings. The first kappa shape index (κ1) is 12.0. The largest absolute Gasteiger partial charge is 0.316 e. The third-order valence-electron chi connectivity index (χ3n) is 3.50. The first-order valence-corrected chi connectivity index (χ1v) is 6.24. The molecular weight excluding hydrogens is 172 g/mol. The quantitative estimate of drug-likeness (QED) is 0.622. The molecule has 3 fully saturated rings. The summed E-state index contributed by atoms with van der Waals surface area (Å²) in [7, 11) is 0. The molecule has 2 N–H and O–H groups in total. The minimum Gasteiger partial charge on any atom is -0.316 e. The Labute approximate surface area is 88.8 Å². The van der Waals surface area contributed by atoms with Crippen LogP contribution in [0.15, 0.2) is 0 Å². The standard InChI is InChI=1S/C8H14N2.2C2H6/c1-7(3-9-4-7)2-8(1)5-10-6-8;2*1-2/h9-10H,1-6H2;2*1-2H3. The zero-order valence-electron chi connectivity index (χ0n) is 10.2. The molecule has 2 saturated heterocycles. The highest BCUT2D eigenvalue weighted by Gasteiger charge is 2.59. The summed E-state index contributed by atoms with van der Waals surface area (Å²) in [6.45, 7) is 13.2. The van der Waals surface area contributed by atoms with Crippen LogP contribution in [0.5, 0.6) is 0 Å². The van der Waals surface area contributed by atoms with Gasteiger partial charge in [-0.15, -0.1) is 0 Å². The van der Waals surface area contributed by atoms with E-state index in [0.717, 1.165) is 10.8 Å². The second-order valence-electron chi connectivity index (χ2n) is 4.56. The second kappa shape index (κ2) is 4.63. The van der Waals surface area contributed by atoms with Gasteiger partial charge < -0.3 is 10.6 Å². The molecule has 0 radical (unpaired) electrons. The topological polar surface area (TPSA) is 24.1 Å². The predicted octanol–water partition coefficient (Wildman–Crippen LogP) is 2.01. The van der Waals surface area contributed by atoms with Crippen LogP contribution in [0.3, 0.4) is 0 Å². The highest BCUT2D eigenvalue weighted by atomic mass is 15.1. The van der Waals surface area contributed by atoms with Gasteiger partial charge in [-0.05, 0) is 23.7 Å². The van der Waals surface area contributed by atoms with E-state index in [9.17, 15) is 0 Å². The van der Waals surface area contributed by atoms with Crippen LogP contribution in [-0.4, -0.2) is 26.2 Å². The fraction of sp³-hybridized carbons (Fsp3) is 1.00. The molecule has 0 amide bonds. The number of rotatable bonds is 0. The van der Waals surface area contributed by atoms with E-state index in [1.807, 2.05) is 27.7 Å². The molecule has 0 aromatic carbocycles. The third-order valence-corrected chi connectivity index (χ3v) is 3.50. The maximum Gasteiger partial charge on any atom is 0.00207 e. The third kappa shape index (κ3) is 1.82. The monoisotopic (exact) mass is 198 g/mol. The Kier molecular flexibility index (Phi) is 3.96. The van der Waals surface area contributed by atoms with Crippen molar-refractivity contribution in [2.75, 3.05) is 26.2 Å². The van der Waals surface area contributed by atoms with E-state index in [0.29, 0.717) is 0 Å². The molecule has 2 nitrogen and oxygen atoms in total. The lowest BCUT2D eigenvalue weighted by Crippen LogP contribution is -2.72. The second-order valence-corrected chi connectivity index (χ2v) is 4.56. The highest BCUT2D eigenvalue weighted by molar-refractivity contribution is 5.14. The number of nitrogens with one attached hydrogen (secondary N) is 2. The number of hydrogen-bond acceptors (Lipinski definition) is 2. The summed E-state index contributed by atoms with van der Waals surface area (Å²) < 4.78 is 0. The van der Waals surface area contributed by atoms with Crippen LogP contribution in [0.25, 0.3) is 0 Å². The van der Waals surface area contributed by atoms with Crippen molar-refractivity contribution >= 4 is 0 Å². The highest BCUT2D eigenvalue weighted by Crippen LogP contribution is 2.58. The summed E-state index contributed by atoms with van der Waals surface area (Å²) in [5.74, 6) is 0. The van der Waals surface area contributed by atoms with Gasteiger partial charge in [0, 0.05) is 26.2 Å². The molecule has 84 valence electrons. The van der Waals surface area contributed by atoms with Crippen LogP contribution in [0.2, 0.25) is 0 Å². The molecular formula is C12H26N2. The van der Waals surface area contributed by atoms with Gasteiger partial charge in [0.1, 0.15) is 0 Å². The summed E-state index contributed by atoms with van der Waals surface area (Å²) in [5.41, 5.74) is 1.56. The lowest BCUT2D eigenvalue weighted by atomic mass is 9.48. The zero-order valence-corrected chi connectivity index (χ0v) is 10.2. The summed E-state index contributed by atoms with van der Waals surface area (Å²) in [6, 6.07) is 0. The van der Waals surface area contributed by atoms with Crippen molar-refractivity contribution in [1.82, 2.24) is 10.6 Å². The molecule has 0 atom stereocenters. The summed E-state index contributed by atoms with van der Waals surface area (Å²) in [4.78, 5) is 0. The van der Waals surface area contributed by atoms with E-state index in [1.54, 1.807) is 0 Å². The van der Waals surface area contributed by atoms with Gasteiger partial charge in [0.05, 0.1) is 0 Å². The first-order valence-electron chi connectivity index (χ1n) is 6.24. The first-order chi connectivity index (χ1) is 6.83. The van der Waals surface area contributed by atoms with Gasteiger partial charge in [-0.2, -0.15) is 0 Å². The Bertz CT molecular complexity index is 141. The molecule has 14 heavy (non-hydrogen) atoms. The SMILES string of the molecule is C1NCC12CC1(CNC1)C2.CC.CC. The van der Waals surface area contributed by atoms with Crippen molar-refractivity contribution in [2.45, 2.75) is 40.5 Å². The molecule has 2 heteroatoms. The summed E-state index contributed by atoms with van der Waals surface area (Å²) in [6.07, 6.45) is 3.00. The van der Waals surface area contributed by atoms with Gasteiger partial charge in [0.2, 0.25) is 0 Å². The van der Waals surface area contributed by atoms with Crippen LogP contribution < -0.4 is 10.6 Å². The van der Waals surface area contributed by atoms with Gasteiger partial charge in [-0.1, -0.05) is 27.7 Å². The van der Waals surface area contributed by atoms with Crippen molar-refractivity contribution in [3.8, 4) is 0 Å². The zero-order chi connectivity index (χ0) is 10.7. The minimum absolute atomic E-state index is 0.780. The van der Waals surface area contributed by atoms with Crippen molar-refractivity contribution < 1.29 is 0 Å². The van der Waals surface area contributed by atoms with E-state index in [-0.39, 0.29) is 0 Å². The van der Waals surface area contributed by atoms with E-state index in [2.05, 4.69) is 10.6 Å². The fourth-order valence-corrected chi connectivity index (χ4v) is 3.00. The van der Waals surface area contributed by atoms with Crippen molar-refractivity contribution in [1.29, 1.82) is 0 Å². The van der Waals surface area contributed by atoms with Crippen LogP contribution in [0.1, 0.15) is 40.5 Å². The smallest absolute Gasteiger partial charge is 0.00207 e. The number of hydrogen-bond donors (Lipinski definition) is 2. The van der Waals surface area contributed by atoms with Crippen LogP contribution in [0.4, 0.5) is 0 Å². The molecule has 3 rings (SSSR count). The van der Waals surface area contributed by atoms with Crippen LogP contribution in [-0.2, 0) is 0 Å². The Hall–Kier alpha value is -0.0800. The molecule has 0 aromatic heterocycles. The predicted molar refractivity (Wildman–Crippen MR) is 62.5 cm³/mol. The van der Waals surface area contributed by atoms with Crippen LogP contribution >= 0.6 is 0 Å². The molecule has 1 saturated carbocycles. The molecule has 1 aliphatic carbocycles. The van der Waals surface area contributed by atoms with Gasteiger partial charge in [0.15, 0.2) is 0 Å². The average molecular weight is 198 g/mol. The van der Waals surface area contributed by atoms with Gasteiger partial charge in [0.25, 0.3) is 0 Å². The van der Waals surface area contributed by atoms with E-state index < -0.39 is 0 Å². The Balaban J connectivity index is 0.000000222. The molecule has 0 bridgehead atoms. The maximum atomic E-state index is 3.37.